The molecule has 2 aromatic heterocycles. The number of benzene rings is 2. The fourth-order valence-corrected chi connectivity index (χ4v) is 4.04. The maximum atomic E-state index is 13.2. The maximum absolute atomic E-state index is 13.2. The summed E-state index contributed by atoms with van der Waals surface area (Å²) in [4.78, 5) is 28.9. The average molecular weight is 448 g/mol. The molecule has 2 aromatic carbocycles. The van der Waals surface area contributed by atoms with Gasteiger partial charge in [-0.15, -0.1) is 0 Å². The van der Waals surface area contributed by atoms with Gasteiger partial charge < -0.3 is 10.3 Å². The van der Waals surface area contributed by atoms with Crippen molar-refractivity contribution in [3.63, 3.8) is 0 Å². The summed E-state index contributed by atoms with van der Waals surface area (Å²) >= 11 is 5.49. The van der Waals surface area contributed by atoms with Gasteiger partial charge in [-0.1, -0.05) is 12.1 Å². The van der Waals surface area contributed by atoms with Crippen LogP contribution in [-0.4, -0.2) is 31.8 Å². The third-order valence-corrected chi connectivity index (χ3v) is 5.95. The number of fused-ring (bicyclic) bond motifs is 1. The fourth-order valence-electron chi connectivity index (χ4n) is 3.75. The minimum absolute atomic E-state index is 0.184. The number of aromatic amines is 1. The Labute approximate surface area is 190 Å². The molecule has 0 spiro atoms. The smallest absolute Gasteiger partial charge is 0.266 e. The van der Waals surface area contributed by atoms with Crippen LogP contribution in [0.4, 0.5) is 0 Å². The number of carbonyl (C=O) groups excluding carboxylic acids is 1. The van der Waals surface area contributed by atoms with Crippen molar-refractivity contribution < 1.29 is 4.79 Å². The molecule has 0 unspecified atom stereocenters. The number of H-pyrrole nitrogens is 1. The fraction of sp³-hybridized carbons (Fsp3) is 0.250. The Balaban J connectivity index is 1.55. The standard InChI is InChI=1S/C24H25N5O2S/c1-15-6-4-8-21(16(15)2)29-23(31)19-10-9-18(12-20(19)27-24(29)32)22(30)25-11-5-7-17-13-26-28(3)14-17/h4,6,8-10,12-14H,5,7,11H2,1-3H3,(H,25,30)(H,27,32). The van der Waals surface area contributed by atoms with Gasteiger partial charge in [-0.25, -0.2) is 0 Å². The predicted molar refractivity (Wildman–Crippen MR) is 128 cm³/mol. The average Bonchev–Trinajstić information content (AvgIpc) is 3.18. The van der Waals surface area contributed by atoms with E-state index in [9.17, 15) is 9.59 Å². The van der Waals surface area contributed by atoms with Crippen molar-refractivity contribution in [2.75, 3.05) is 6.54 Å². The van der Waals surface area contributed by atoms with Crippen LogP contribution in [0.5, 0.6) is 0 Å². The van der Waals surface area contributed by atoms with E-state index in [0.717, 1.165) is 35.2 Å². The van der Waals surface area contributed by atoms with Crippen molar-refractivity contribution >= 4 is 29.0 Å². The molecule has 0 aliphatic rings. The van der Waals surface area contributed by atoms with Gasteiger partial charge in [-0.05, 0) is 79.9 Å². The molecule has 2 heterocycles. The minimum Gasteiger partial charge on any atom is -0.352 e. The lowest BCUT2D eigenvalue weighted by atomic mass is 10.1. The SMILES string of the molecule is Cc1cccc(-n2c(=S)[nH]c3cc(C(=O)NCCCc4cnn(C)c4)ccc3c2=O)c1C. The first-order chi connectivity index (χ1) is 15.3. The Morgan fingerprint density at radius 3 is 2.78 bits per heavy atom. The van der Waals surface area contributed by atoms with Crippen molar-refractivity contribution in [2.24, 2.45) is 7.05 Å². The van der Waals surface area contributed by atoms with Crippen LogP contribution < -0.4 is 10.9 Å². The molecule has 8 heteroatoms. The van der Waals surface area contributed by atoms with Gasteiger partial charge in [0.2, 0.25) is 0 Å². The van der Waals surface area contributed by atoms with E-state index in [4.69, 9.17) is 12.2 Å². The summed E-state index contributed by atoms with van der Waals surface area (Å²) in [6.07, 6.45) is 5.46. The number of aromatic nitrogens is 4. The van der Waals surface area contributed by atoms with Gasteiger partial charge in [0.15, 0.2) is 4.77 Å². The van der Waals surface area contributed by atoms with Crippen molar-refractivity contribution in [3.05, 3.63) is 86.2 Å². The Hall–Kier alpha value is -3.52. The molecule has 164 valence electrons. The molecule has 4 rings (SSSR count). The molecule has 0 bridgehead atoms. The summed E-state index contributed by atoms with van der Waals surface area (Å²) < 4.78 is 3.57. The van der Waals surface area contributed by atoms with Crippen LogP contribution in [0.1, 0.15) is 33.5 Å². The number of carbonyl (C=O) groups is 1. The summed E-state index contributed by atoms with van der Waals surface area (Å²) in [6, 6.07) is 10.8. The molecule has 7 nitrogen and oxygen atoms in total. The van der Waals surface area contributed by atoms with Gasteiger partial charge in [0.1, 0.15) is 0 Å². The van der Waals surface area contributed by atoms with Gasteiger partial charge in [0.25, 0.3) is 11.5 Å². The number of nitrogens with zero attached hydrogens (tertiary/aromatic N) is 3. The van der Waals surface area contributed by atoms with Crippen LogP contribution in [0.3, 0.4) is 0 Å². The molecule has 0 saturated heterocycles. The van der Waals surface area contributed by atoms with Crippen molar-refractivity contribution in [2.45, 2.75) is 26.7 Å². The number of amides is 1. The van der Waals surface area contributed by atoms with Gasteiger partial charge in [0.05, 0.1) is 22.8 Å². The van der Waals surface area contributed by atoms with Crippen LogP contribution >= 0.6 is 12.2 Å². The van der Waals surface area contributed by atoms with Crippen molar-refractivity contribution in [1.29, 1.82) is 0 Å². The van der Waals surface area contributed by atoms with Crippen molar-refractivity contribution in [3.8, 4) is 5.69 Å². The Morgan fingerprint density at radius 1 is 1.22 bits per heavy atom. The monoisotopic (exact) mass is 447 g/mol. The van der Waals surface area contributed by atoms with Gasteiger partial charge in [-0.3, -0.25) is 18.8 Å². The highest BCUT2D eigenvalue weighted by atomic mass is 32.1. The molecule has 0 fully saturated rings. The molecular formula is C24H25N5O2S. The number of hydrogen-bond acceptors (Lipinski definition) is 4. The summed E-state index contributed by atoms with van der Waals surface area (Å²) in [7, 11) is 1.88. The van der Waals surface area contributed by atoms with E-state index in [1.165, 1.54) is 4.57 Å². The first-order valence-corrected chi connectivity index (χ1v) is 10.9. The van der Waals surface area contributed by atoms with Gasteiger partial charge >= 0.3 is 0 Å². The normalized spacial score (nSPS) is 11.1. The Morgan fingerprint density at radius 2 is 2.03 bits per heavy atom. The lowest BCUT2D eigenvalue weighted by molar-refractivity contribution is 0.0953. The molecule has 4 aromatic rings. The highest BCUT2D eigenvalue weighted by Gasteiger charge is 2.13. The molecule has 0 aliphatic carbocycles. The number of rotatable bonds is 6. The van der Waals surface area contributed by atoms with E-state index in [2.05, 4.69) is 15.4 Å². The van der Waals surface area contributed by atoms with Crippen LogP contribution in [-0.2, 0) is 13.5 Å². The maximum Gasteiger partial charge on any atom is 0.266 e. The van der Waals surface area contributed by atoms with E-state index in [1.54, 1.807) is 22.9 Å². The largest absolute Gasteiger partial charge is 0.352 e. The van der Waals surface area contributed by atoms with Crippen LogP contribution in [0, 0.1) is 18.6 Å². The summed E-state index contributed by atoms with van der Waals surface area (Å²) in [6.45, 7) is 4.52. The zero-order valence-corrected chi connectivity index (χ0v) is 19.1. The lowest BCUT2D eigenvalue weighted by Gasteiger charge is -2.13. The lowest BCUT2D eigenvalue weighted by Crippen LogP contribution is -2.25. The second-order valence-corrected chi connectivity index (χ2v) is 8.32. The summed E-state index contributed by atoms with van der Waals surface area (Å²) in [5.41, 5.74) is 4.79. The zero-order valence-electron chi connectivity index (χ0n) is 18.3. The van der Waals surface area contributed by atoms with E-state index in [-0.39, 0.29) is 11.5 Å². The highest BCUT2D eigenvalue weighted by Crippen LogP contribution is 2.18. The predicted octanol–water partition coefficient (Wildman–Crippen LogP) is 3.76. The van der Waals surface area contributed by atoms with Crippen LogP contribution in [0.15, 0.2) is 53.6 Å². The molecule has 0 radical (unpaired) electrons. The molecule has 2 N–H and O–H groups in total. The van der Waals surface area contributed by atoms with Gasteiger partial charge in [-0.2, -0.15) is 5.10 Å². The molecule has 32 heavy (non-hydrogen) atoms. The molecular weight excluding hydrogens is 422 g/mol. The van der Waals surface area contributed by atoms with E-state index < -0.39 is 0 Å². The van der Waals surface area contributed by atoms with E-state index >= 15 is 0 Å². The number of nitrogens with one attached hydrogen (secondary N) is 2. The first-order valence-electron chi connectivity index (χ1n) is 10.5. The Kier molecular flexibility index (Phi) is 6.05. The Bertz CT molecular complexity index is 1430. The number of aryl methyl sites for hydroxylation is 3. The second-order valence-electron chi connectivity index (χ2n) is 7.93. The molecule has 0 aliphatic heterocycles. The van der Waals surface area contributed by atoms with Crippen molar-refractivity contribution in [1.82, 2.24) is 24.6 Å². The first kappa shape index (κ1) is 21.7. The molecule has 0 atom stereocenters. The van der Waals surface area contributed by atoms with E-state index in [0.29, 0.717) is 27.8 Å². The quantitative estimate of drug-likeness (QED) is 0.348. The highest BCUT2D eigenvalue weighted by molar-refractivity contribution is 7.71. The topological polar surface area (TPSA) is 84.7 Å². The van der Waals surface area contributed by atoms with Crippen LogP contribution in [0.2, 0.25) is 0 Å². The summed E-state index contributed by atoms with van der Waals surface area (Å²) in [5, 5.41) is 7.56. The minimum atomic E-state index is -0.208. The van der Waals surface area contributed by atoms with Crippen LogP contribution in [0.25, 0.3) is 16.6 Å². The zero-order chi connectivity index (χ0) is 22.8. The number of hydrogen-bond donors (Lipinski definition) is 2. The second kappa shape index (κ2) is 8.92. The third kappa shape index (κ3) is 4.27. The van der Waals surface area contributed by atoms with Gasteiger partial charge in [0, 0.05) is 25.4 Å². The van der Waals surface area contributed by atoms with E-state index in [1.807, 2.05) is 51.5 Å². The molecule has 0 saturated carbocycles. The molecule has 1 amide bonds. The summed E-state index contributed by atoms with van der Waals surface area (Å²) in [5.74, 6) is -0.184. The third-order valence-electron chi connectivity index (χ3n) is 5.66.